The Balaban J connectivity index is 0.00000101. The van der Waals surface area contributed by atoms with Crippen LogP contribution in [0.25, 0.3) is 11.0 Å². The molecule has 1 aromatic heterocycles. The van der Waals surface area contributed by atoms with E-state index in [4.69, 9.17) is 4.42 Å². The molecule has 2 aromatic rings. The van der Waals surface area contributed by atoms with E-state index in [-0.39, 0.29) is 30.6 Å². The predicted molar refractivity (Wildman–Crippen MR) is 112 cm³/mol. The van der Waals surface area contributed by atoms with Crippen LogP contribution in [0.15, 0.2) is 34.7 Å². The first-order valence-electron chi connectivity index (χ1n) is 10.2. The molecule has 0 saturated carbocycles. The van der Waals surface area contributed by atoms with Gasteiger partial charge in [-0.1, -0.05) is 38.5 Å². The summed E-state index contributed by atoms with van der Waals surface area (Å²) < 4.78 is 5.44. The van der Waals surface area contributed by atoms with E-state index in [0.717, 1.165) is 11.8 Å². The number of carbonyl (C=O) groups excluding carboxylic acids is 3. The number of para-hydroxylation sites is 1. The lowest BCUT2D eigenvalue weighted by atomic mass is 9.92. The summed E-state index contributed by atoms with van der Waals surface area (Å²) >= 11 is 0. The number of amides is 3. The van der Waals surface area contributed by atoms with Crippen LogP contribution in [0, 0.1) is 17.2 Å². The van der Waals surface area contributed by atoms with Gasteiger partial charge in [0.25, 0.3) is 5.91 Å². The van der Waals surface area contributed by atoms with Gasteiger partial charge in [0.15, 0.2) is 5.76 Å². The van der Waals surface area contributed by atoms with Crippen molar-refractivity contribution in [1.82, 2.24) is 16.0 Å². The second-order valence-electron chi connectivity index (χ2n) is 7.15. The number of benzene rings is 1. The number of rotatable bonds is 6. The molecule has 1 fully saturated rings. The van der Waals surface area contributed by atoms with Crippen LogP contribution in [-0.4, -0.2) is 36.9 Å². The topological polar surface area (TPSA) is 124 Å². The molecule has 8 heteroatoms. The highest BCUT2D eigenvalue weighted by Crippen LogP contribution is 2.19. The number of nitrogens with one attached hydrogen (secondary N) is 3. The molecule has 1 aliphatic rings. The zero-order chi connectivity index (χ0) is 21.9. The van der Waals surface area contributed by atoms with Crippen LogP contribution in [0.2, 0.25) is 0 Å². The van der Waals surface area contributed by atoms with Crippen molar-refractivity contribution in [3.8, 4) is 6.07 Å². The largest absolute Gasteiger partial charge is 0.451 e. The number of nitriles is 1. The molecule has 3 N–H and O–H groups in total. The van der Waals surface area contributed by atoms with Crippen LogP contribution in [0.5, 0.6) is 0 Å². The van der Waals surface area contributed by atoms with Crippen molar-refractivity contribution in [2.24, 2.45) is 5.92 Å². The molecule has 160 valence electrons. The Hall–Kier alpha value is -3.34. The van der Waals surface area contributed by atoms with Gasteiger partial charge in [0, 0.05) is 17.8 Å². The predicted octanol–water partition coefficient (Wildman–Crippen LogP) is 2.50. The summed E-state index contributed by atoms with van der Waals surface area (Å²) in [7, 11) is 0. The number of nitrogens with zero attached hydrogens (tertiary/aromatic N) is 1. The minimum Gasteiger partial charge on any atom is -0.451 e. The smallest absolute Gasteiger partial charge is 0.287 e. The van der Waals surface area contributed by atoms with E-state index >= 15 is 0 Å². The molecule has 1 saturated heterocycles. The van der Waals surface area contributed by atoms with Gasteiger partial charge in [0.2, 0.25) is 11.8 Å². The molecule has 0 aliphatic carbocycles. The van der Waals surface area contributed by atoms with E-state index < -0.39 is 17.9 Å². The van der Waals surface area contributed by atoms with Crippen molar-refractivity contribution in [1.29, 1.82) is 5.26 Å². The van der Waals surface area contributed by atoms with Gasteiger partial charge in [0.1, 0.15) is 11.6 Å². The molecule has 0 bridgehead atoms. The Bertz CT molecular complexity index is 882. The molecule has 2 heterocycles. The molecule has 1 aromatic carbocycles. The van der Waals surface area contributed by atoms with Crippen molar-refractivity contribution >= 4 is 28.7 Å². The Morgan fingerprint density at radius 1 is 1.33 bits per heavy atom. The summed E-state index contributed by atoms with van der Waals surface area (Å²) in [5.74, 6) is -1.27. The molecule has 1 unspecified atom stereocenters. The highest BCUT2D eigenvalue weighted by Gasteiger charge is 2.26. The van der Waals surface area contributed by atoms with Crippen molar-refractivity contribution in [3.05, 3.63) is 36.1 Å². The van der Waals surface area contributed by atoms with E-state index in [2.05, 4.69) is 29.8 Å². The van der Waals surface area contributed by atoms with E-state index in [0.29, 0.717) is 18.5 Å². The van der Waals surface area contributed by atoms with E-state index in [1.807, 2.05) is 18.2 Å². The van der Waals surface area contributed by atoms with Crippen molar-refractivity contribution in [2.75, 3.05) is 13.1 Å². The molecule has 1 aliphatic heterocycles. The van der Waals surface area contributed by atoms with Gasteiger partial charge < -0.3 is 20.4 Å². The number of hydrogen-bond donors (Lipinski definition) is 3. The maximum atomic E-state index is 12.1. The lowest BCUT2D eigenvalue weighted by molar-refractivity contribution is -0.127. The number of carbonyl (C=O) groups is 3. The van der Waals surface area contributed by atoms with Gasteiger partial charge in [-0.2, -0.15) is 5.26 Å². The molecular weight excluding hydrogens is 384 g/mol. The van der Waals surface area contributed by atoms with Crippen LogP contribution in [0.1, 0.15) is 50.1 Å². The summed E-state index contributed by atoms with van der Waals surface area (Å²) in [5, 5.41) is 17.8. The fraction of sp³-hybridized carbons (Fsp3) is 0.455. The first-order valence-corrected chi connectivity index (χ1v) is 10.2. The molecule has 3 rings (SSSR count). The second-order valence-corrected chi connectivity index (χ2v) is 7.15. The second kappa shape index (κ2) is 11.6. The fourth-order valence-corrected chi connectivity index (χ4v) is 3.08. The fourth-order valence-electron chi connectivity index (χ4n) is 3.08. The minimum absolute atomic E-state index is 0.0889. The van der Waals surface area contributed by atoms with Crippen molar-refractivity contribution in [3.63, 3.8) is 0 Å². The number of fused-ring (bicyclic) bond motifs is 1. The number of hydrogen-bond acceptors (Lipinski definition) is 5. The van der Waals surface area contributed by atoms with Crippen molar-refractivity contribution in [2.45, 2.75) is 45.6 Å². The van der Waals surface area contributed by atoms with Gasteiger partial charge in [-0.15, -0.1) is 0 Å². The molecule has 2 atom stereocenters. The molecular formula is C22H28N4O4. The van der Waals surface area contributed by atoms with Crippen molar-refractivity contribution < 1.29 is 18.8 Å². The van der Waals surface area contributed by atoms with Crippen LogP contribution in [0.4, 0.5) is 0 Å². The monoisotopic (exact) mass is 412 g/mol. The Morgan fingerprint density at radius 3 is 2.73 bits per heavy atom. The molecule has 0 spiro atoms. The maximum Gasteiger partial charge on any atom is 0.287 e. The number of piperidine rings is 1. The highest BCUT2D eigenvalue weighted by molar-refractivity contribution is 5.97. The van der Waals surface area contributed by atoms with Gasteiger partial charge in [-0.25, -0.2) is 0 Å². The zero-order valence-electron chi connectivity index (χ0n) is 17.4. The summed E-state index contributed by atoms with van der Waals surface area (Å²) in [4.78, 5) is 35.9. The first kappa shape index (κ1) is 22.9. The van der Waals surface area contributed by atoms with E-state index in [9.17, 15) is 19.6 Å². The Morgan fingerprint density at radius 2 is 2.07 bits per heavy atom. The maximum absolute atomic E-state index is 12.1. The van der Waals surface area contributed by atoms with Gasteiger partial charge in [0.05, 0.1) is 12.6 Å². The van der Waals surface area contributed by atoms with Crippen LogP contribution < -0.4 is 16.0 Å². The summed E-state index contributed by atoms with van der Waals surface area (Å²) in [6, 6.07) is 10.0. The minimum atomic E-state index is -0.783. The third kappa shape index (κ3) is 6.62. The molecule has 8 nitrogen and oxygen atoms in total. The Labute approximate surface area is 176 Å². The summed E-state index contributed by atoms with van der Waals surface area (Å²) in [6.07, 6.45) is 3.06. The summed E-state index contributed by atoms with van der Waals surface area (Å²) in [5.41, 5.74) is 0.586. The standard InChI is InChI=1S/C19H20N4O4.C3H8/c20-10-14(8-13-5-3-7-21-18(13)25)23-17(24)11-22-19(26)16-9-12-4-1-2-6-15(12)27-16;1-3-2/h1-2,4,6,9,13-14H,3,5,7-8,11H2,(H,21,25)(H,22,26)(H,23,24);3H2,1-2H3/t13-,14?;/m0./s1. The third-order valence-electron chi connectivity index (χ3n) is 4.47. The highest BCUT2D eigenvalue weighted by atomic mass is 16.3. The van der Waals surface area contributed by atoms with Gasteiger partial charge in [-0.3, -0.25) is 14.4 Å². The van der Waals surface area contributed by atoms with Gasteiger partial charge >= 0.3 is 0 Å². The quantitative estimate of drug-likeness (QED) is 0.672. The van der Waals surface area contributed by atoms with Gasteiger partial charge in [-0.05, 0) is 31.4 Å². The molecule has 0 radical (unpaired) electrons. The zero-order valence-corrected chi connectivity index (χ0v) is 17.4. The SMILES string of the molecule is CCC.N#CC(C[C@@H]1CCCNC1=O)NC(=O)CNC(=O)c1cc2ccccc2o1. The van der Waals surface area contributed by atoms with E-state index in [1.54, 1.807) is 18.2 Å². The van der Waals surface area contributed by atoms with Crippen LogP contribution >= 0.6 is 0 Å². The third-order valence-corrected chi connectivity index (χ3v) is 4.47. The number of furan rings is 1. The molecule has 3 amide bonds. The Kier molecular flexibility index (Phi) is 8.88. The lowest BCUT2D eigenvalue weighted by Crippen LogP contribution is -2.44. The first-order chi connectivity index (χ1) is 14.5. The molecule has 30 heavy (non-hydrogen) atoms. The lowest BCUT2D eigenvalue weighted by Gasteiger charge is -2.23. The average Bonchev–Trinajstić information content (AvgIpc) is 3.18. The van der Waals surface area contributed by atoms with Crippen LogP contribution in [0.3, 0.4) is 0 Å². The normalized spacial score (nSPS) is 16.4. The van der Waals surface area contributed by atoms with Crippen LogP contribution in [-0.2, 0) is 9.59 Å². The van der Waals surface area contributed by atoms with E-state index in [1.165, 1.54) is 6.42 Å². The average molecular weight is 412 g/mol. The summed E-state index contributed by atoms with van der Waals surface area (Å²) in [6.45, 7) is 4.61.